The van der Waals surface area contributed by atoms with Gasteiger partial charge in [-0.15, -0.1) is 12.4 Å². The number of ether oxygens (including phenoxy) is 1. The second-order valence-electron chi connectivity index (χ2n) is 5.26. The van der Waals surface area contributed by atoms with Crippen LogP contribution >= 0.6 is 28.3 Å². The summed E-state index contributed by atoms with van der Waals surface area (Å²) in [6, 6.07) is 5.92. The molecule has 0 radical (unpaired) electrons. The highest BCUT2D eigenvalue weighted by Gasteiger charge is 2.24. The Balaban J connectivity index is 0.00000220. The van der Waals surface area contributed by atoms with Gasteiger partial charge in [0.25, 0.3) is 0 Å². The fraction of sp³-hybridized carbons (Fsp3) is 0.533. The largest absolute Gasteiger partial charge is 0.492 e. The number of hydrogen-bond acceptors (Lipinski definition) is 3. The van der Waals surface area contributed by atoms with Gasteiger partial charge >= 0.3 is 0 Å². The van der Waals surface area contributed by atoms with Gasteiger partial charge in [-0.1, -0.05) is 6.07 Å². The molecule has 1 saturated heterocycles. The summed E-state index contributed by atoms with van der Waals surface area (Å²) >= 11 is 3.46. The van der Waals surface area contributed by atoms with Crippen LogP contribution in [0.4, 0.5) is 0 Å². The summed E-state index contributed by atoms with van der Waals surface area (Å²) in [7, 11) is 0. The van der Waals surface area contributed by atoms with Crippen LogP contribution in [0.3, 0.4) is 0 Å². The summed E-state index contributed by atoms with van der Waals surface area (Å²) in [5.74, 6) is 1.40. The Morgan fingerprint density at radius 2 is 2.29 bits per heavy atom. The Kier molecular flexibility index (Phi) is 7.49. The summed E-state index contributed by atoms with van der Waals surface area (Å²) < 4.78 is 6.58. The molecule has 0 saturated carbocycles. The highest BCUT2D eigenvalue weighted by atomic mass is 79.9. The summed E-state index contributed by atoms with van der Waals surface area (Å²) in [6.45, 7) is 4.72. The van der Waals surface area contributed by atoms with E-state index in [0.29, 0.717) is 25.5 Å². The number of carbonyl (C=O) groups is 1. The minimum Gasteiger partial charge on any atom is -0.492 e. The molecule has 0 bridgehead atoms. The van der Waals surface area contributed by atoms with Gasteiger partial charge in [-0.3, -0.25) is 4.79 Å². The van der Waals surface area contributed by atoms with E-state index in [2.05, 4.69) is 15.9 Å². The zero-order chi connectivity index (χ0) is 14.5. The molecule has 0 aliphatic carbocycles. The van der Waals surface area contributed by atoms with Gasteiger partial charge < -0.3 is 15.4 Å². The third-order valence-corrected chi connectivity index (χ3v) is 4.25. The van der Waals surface area contributed by atoms with Gasteiger partial charge in [0.05, 0.1) is 17.5 Å². The van der Waals surface area contributed by atoms with Crippen molar-refractivity contribution in [3.05, 3.63) is 28.2 Å². The van der Waals surface area contributed by atoms with Crippen LogP contribution in [0.15, 0.2) is 22.7 Å². The van der Waals surface area contributed by atoms with Gasteiger partial charge in [-0.25, -0.2) is 0 Å². The number of rotatable bonds is 5. The predicted octanol–water partition coefficient (Wildman–Crippen LogP) is 2.76. The molecule has 1 atom stereocenters. The molecular formula is C15H22BrClN2O2. The van der Waals surface area contributed by atoms with Crippen molar-refractivity contribution >= 4 is 34.2 Å². The van der Waals surface area contributed by atoms with Gasteiger partial charge in [0.1, 0.15) is 5.75 Å². The van der Waals surface area contributed by atoms with E-state index in [1.165, 1.54) is 5.56 Å². The highest BCUT2D eigenvalue weighted by molar-refractivity contribution is 9.10. The SMILES string of the molecule is Cc1ccc(OCCC(=O)N2CCC(CN)C2)c(Br)c1.Cl. The molecule has 21 heavy (non-hydrogen) atoms. The van der Waals surface area contributed by atoms with Crippen LogP contribution in [0.1, 0.15) is 18.4 Å². The van der Waals surface area contributed by atoms with Crippen LogP contribution in [0.5, 0.6) is 5.75 Å². The van der Waals surface area contributed by atoms with Crippen LogP contribution in [-0.4, -0.2) is 37.0 Å². The van der Waals surface area contributed by atoms with Crippen molar-refractivity contribution in [3.8, 4) is 5.75 Å². The van der Waals surface area contributed by atoms with E-state index in [9.17, 15) is 4.79 Å². The lowest BCUT2D eigenvalue weighted by molar-refractivity contribution is -0.130. The number of hydrogen-bond donors (Lipinski definition) is 1. The average molecular weight is 378 g/mol. The molecule has 1 aliphatic rings. The molecule has 1 heterocycles. The van der Waals surface area contributed by atoms with Crippen molar-refractivity contribution in [1.82, 2.24) is 4.90 Å². The Morgan fingerprint density at radius 3 is 2.90 bits per heavy atom. The number of aryl methyl sites for hydroxylation is 1. The molecule has 0 spiro atoms. The number of benzene rings is 1. The fourth-order valence-electron chi connectivity index (χ4n) is 2.38. The highest BCUT2D eigenvalue weighted by Crippen LogP contribution is 2.26. The van der Waals surface area contributed by atoms with Crippen molar-refractivity contribution in [1.29, 1.82) is 0 Å². The standard InChI is InChI=1S/C15H21BrN2O2.ClH/c1-11-2-3-14(13(16)8-11)20-7-5-15(19)18-6-4-12(9-17)10-18;/h2-3,8,12H,4-7,9-10,17H2,1H3;1H. The minimum atomic E-state index is 0. The lowest BCUT2D eigenvalue weighted by atomic mass is 10.1. The van der Waals surface area contributed by atoms with E-state index in [0.717, 1.165) is 29.7 Å². The zero-order valence-electron chi connectivity index (χ0n) is 12.2. The Morgan fingerprint density at radius 1 is 1.52 bits per heavy atom. The first kappa shape index (κ1) is 18.3. The first-order chi connectivity index (χ1) is 9.60. The first-order valence-electron chi connectivity index (χ1n) is 6.97. The third-order valence-electron chi connectivity index (χ3n) is 3.63. The zero-order valence-corrected chi connectivity index (χ0v) is 14.6. The van der Waals surface area contributed by atoms with E-state index in [4.69, 9.17) is 10.5 Å². The number of nitrogens with zero attached hydrogens (tertiary/aromatic N) is 1. The van der Waals surface area contributed by atoms with Crippen LogP contribution in [0, 0.1) is 12.8 Å². The summed E-state index contributed by atoms with van der Waals surface area (Å²) in [4.78, 5) is 13.9. The number of halogens is 2. The lowest BCUT2D eigenvalue weighted by Crippen LogP contribution is -2.30. The molecule has 1 aromatic carbocycles. The topological polar surface area (TPSA) is 55.6 Å². The predicted molar refractivity (Wildman–Crippen MR) is 90.0 cm³/mol. The van der Waals surface area contributed by atoms with Crippen molar-refractivity contribution in [3.63, 3.8) is 0 Å². The second kappa shape index (κ2) is 8.61. The second-order valence-corrected chi connectivity index (χ2v) is 6.12. The van der Waals surface area contributed by atoms with E-state index in [1.54, 1.807) is 0 Å². The molecule has 2 rings (SSSR count). The quantitative estimate of drug-likeness (QED) is 0.858. The fourth-order valence-corrected chi connectivity index (χ4v) is 2.99. The molecule has 1 unspecified atom stereocenters. The molecule has 1 fully saturated rings. The van der Waals surface area contributed by atoms with E-state index < -0.39 is 0 Å². The van der Waals surface area contributed by atoms with E-state index >= 15 is 0 Å². The summed E-state index contributed by atoms with van der Waals surface area (Å²) in [5.41, 5.74) is 6.80. The number of amides is 1. The normalized spacial score (nSPS) is 17.5. The molecular weight excluding hydrogens is 356 g/mol. The van der Waals surface area contributed by atoms with Crippen molar-refractivity contribution in [2.24, 2.45) is 11.7 Å². The van der Waals surface area contributed by atoms with Crippen LogP contribution in [0.2, 0.25) is 0 Å². The average Bonchev–Trinajstić information content (AvgIpc) is 2.90. The molecule has 4 nitrogen and oxygen atoms in total. The summed E-state index contributed by atoms with van der Waals surface area (Å²) in [5, 5.41) is 0. The monoisotopic (exact) mass is 376 g/mol. The molecule has 1 aromatic rings. The van der Waals surface area contributed by atoms with Gasteiger partial charge in [-0.05, 0) is 59.4 Å². The Hall–Kier alpha value is -0.780. The third kappa shape index (κ3) is 5.16. The smallest absolute Gasteiger partial charge is 0.226 e. The van der Waals surface area contributed by atoms with Crippen molar-refractivity contribution < 1.29 is 9.53 Å². The first-order valence-corrected chi connectivity index (χ1v) is 7.76. The maximum absolute atomic E-state index is 12.0. The summed E-state index contributed by atoms with van der Waals surface area (Å²) in [6.07, 6.45) is 1.43. The molecule has 0 aromatic heterocycles. The van der Waals surface area contributed by atoms with E-state index in [-0.39, 0.29) is 18.3 Å². The molecule has 1 amide bonds. The molecule has 6 heteroatoms. The Bertz CT molecular complexity index is 485. The van der Waals surface area contributed by atoms with Gasteiger partial charge in [0, 0.05) is 13.1 Å². The lowest BCUT2D eigenvalue weighted by Gasteiger charge is -2.16. The molecule has 118 valence electrons. The van der Waals surface area contributed by atoms with Gasteiger partial charge in [0.15, 0.2) is 0 Å². The molecule has 2 N–H and O–H groups in total. The maximum Gasteiger partial charge on any atom is 0.226 e. The van der Waals surface area contributed by atoms with Gasteiger partial charge in [-0.2, -0.15) is 0 Å². The number of nitrogens with two attached hydrogens (primary N) is 1. The van der Waals surface area contributed by atoms with Gasteiger partial charge in [0.2, 0.25) is 5.91 Å². The van der Waals surface area contributed by atoms with Crippen molar-refractivity contribution in [2.75, 3.05) is 26.2 Å². The maximum atomic E-state index is 12.0. The number of carbonyl (C=O) groups excluding carboxylic acids is 1. The minimum absolute atomic E-state index is 0. The Labute approximate surface area is 140 Å². The van der Waals surface area contributed by atoms with E-state index in [1.807, 2.05) is 30.0 Å². The van der Waals surface area contributed by atoms with Crippen LogP contribution < -0.4 is 10.5 Å². The van der Waals surface area contributed by atoms with Crippen molar-refractivity contribution in [2.45, 2.75) is 19.8 Å². The van der Waals surface area contributed by atoms with Crippen LogP contribution in [-0.2, 0) is 4.79 Å². The van der Waals surface area contributed by atoms with Crippen LogP contribution in [0.25, 0.3) is 0 Å². The number of likely N-dealkylation sites (tertiary alicyclic amines) is 1. The molecule has 1 aliphatic heterocycles.